The number of hydrogen-bond acceptors (Lipinski definition) is 1. The van der Waals surface area contributed by atoms with Gasteiger partial charge in [-0.25, -0.2) is 8.78 Å². The summed E-state index contributed by atoms with van der Waals surface area (Å²) in [6, 6.07) is 8.71. The molecule has 4 heteroatoms. The van der Waals surface area contributed by atoms with Gasteiger partial charge in [-0.2, -0.15) is 0 Å². The van der Waals surface area contributed by atoms with E-state index >= 15 is 0 Å². The Balaban J connectivity index is 2.25. The smallest absolute Gasteiger partial charge is 0.123 e. The summed E-state index contributed by atoms with van der Waals surface area (Å²) in [6.07, 6.45) is -0.645. The zero-order chi connectivity index (χ0) is 14.0. The van der Waals surface area contributed by atoms with Crippen LogP contribution in [0.5, 0.6) is 0 Å². The lowest BCUT2D eigenvalue weighted by Crippen LogP contribution is -2.04. The van der Waals surface area contributed by atoms with E-state index in [0.717, 1.165) is 10.0 Å². The minimum absolute atomic E-state index is 0.223. The molecule has 0 saturated carbocycles. The average Bonchev–Trinajstić information content (AvgIpc) is 2.32. The Morgan fingerprint density at radius 2 is 1.84 bits per heavy atom. The van der Waals surface area contributed by atoms with E-state index in [-0.39, 0.29) is 18.1 Å². The third-order valence-electron chi connectivity index (χ3n) is 2.87. The normalized spacial score (nSPS) is 12.5. The fourth-order valence-corrected chi connectivity index (χ4v) is 2.39. The molecule has 0 aliphatic heterocycles. The number of aryl methyl sites for hydroxylation is 1. The van der Waals surface area contributed by atoms with Crippen LogP contribution in [0.3, 0.4) is 0 Å². The van der Waals surface area contributed by atoms with Gasteiger partial charge >= 0.3 is 0 Å². The average molecular weight is 327 g/mol. The molecule has 0 radical (unpaired) electrons. The molecule has 0 bridgehead atoms. The standard InChI is InChI=1S/C15H13BrF2O/c1-9-4-11(7-13(18)5-9)15(19)8-10-6-12(17)2-3-14(10)16/h2-7,15,19H,8H2,1H3. The maximum Gasteiger partial charge on any atom is 0.123 e. The summed E-state index contributed by atoms with van der Waals surface area (Å²) < 4.78 is 27.2. The van der Waals surface area contributed by atoms with E-state index in [4.69, 9.17) is 0 Å². The van der Waals surface area contributed by atoms with E-state index in [1.54, 1.807) is 19.1 Å². The van der Waals surface area contributed by atoms with E-state index in [9.17, 15) is 13.9 Å². The van der Waals surface area contributed by atoms with Crippen LogP contribution in [-0.4, -0.2) is 5.11 Å². The van der Waals surface area contributed by atoms with E-state index in [1.807, 2.05) is 0 Å². The predicted octanol–water partition coefficient (Wildman–Crippen LogP) is 4.31. The summed E-state index contributed by atoms with van der Waals surface area (Å²) in [6.45, 7) is 1.76. The minimum atomic E-state index is -0.868. The summed E-state index contributed by atoms with van der Waals surface area (Å²) >= 11 is 3.31. The number of aliphatic hydroxyl groups is 1. The van der Waals surface area contributed by atoms with Crippen LogP contribution >= 0.6 is 15.9 Å². The summed E-state index contributed by atoms with van der Waals surface area (Å²) in [7, 11) is 0. The third-order valence-corrected chi connectivity index (χ3v) is 3.64. The lowest BCUT2D eigenvalue weighted by molar-refractivity contribution is 0.177. The van der Waals surface area contributed by atoms with Crippen molar-refractivity contribution in [2.24, 2.45) is 0 Å². The van der Waals surface area contributed by atoms with Gasteiger partial charge in [0.25, 0.3) is 0 Å². The highest BCUT2D eigenvalue weighted by molar-refractivity contribution is 9.10. The van der Waals surface area contributed by atoms with Gasteiger partial charge in [-0.05, 0) is 53.9 Å². The van der Waals surface area contributed by atoms with Crippen LogP contribution in [0.4, 0.5) is 8.78 Å². The van der Waals surface area contributed by atoms with Crippen molar-refractivity contribution in [1.29, 1.82) is 0 Å². The van der Waals surface area contributed by atoms with E-state index < -0.39 is 6.10 Å². The topological polar surface area (TPSA) is 20.2 Å². The van der Waals surface area contributed by atoms with Gasteiger partial charge in [-0.3, -0.25) is 0 Å². The maximum atomic E-state index is 13.3. The fourth-order valence-electron chi connectivity index (χ4n) is 1.98. The quantitative estimate of drug-likeness (QED) is 0.891. The first-order valence-corrected chi connectivity index (χ1v) is 6.64. The highest BCUT2D eigenvalue weighted by Gasteiger charge is 2.13. The summed E-state index contributed by atoms with van der Waals surface area (Å²) in [4.78, 5) is 0. The van der Waals surface area contributed by atoms with Gasteiger partial charge in [0.05, 0.1) is 6.10 Å². The van der Waals surface area contributed by atoms with E-state index in [1.165, 1.54) is 24.3 Å². The largest absolute Gasteiger partial charge is 0.388 e. The first kappa shape index (κ1) is 14.2. The van der Waals surface area contributed by atoms with E-state index in [0.29, 0.717) is 11.1 Å². The minimum Gasteiger partial charge on any atom is -0.388 e. The highest BCUT2D eigenvalue weighted by atomic mass is 79.9. The number of hydrogen-bond donors (Lipinski definition) is 1. The first-order valence-electron chi connectivity index (χ1n) is 5.85. The van der Waals surface area contributed by atoms with Crippen LogP contribution in [0.2, 0.25) is 0 Å². The number of rotatable bonds is 3. The molecule has 0 saturated heterocycles. The molecule has 0 aliphatic rings. The monoisotopic (exact) mass is 326 g/mol. The second-order valence-electron chi connectivity index (χ2n) is 4.52. The molecule has 2 aromatic rings. The van der Waals surface area contributed by atoms with Crippen molar-refractivity contribution in [3.05, 3.63) is 69.2 Å². The molecule has 0 aromatic heterocycles. The molecule has 100 valence electrons. The van der Waals surface area contributed by atoms with Gasteiger partial charge in [0.2, 0.25) is 0 Å². The van der Waals surface area contributed by atoms with Crippen LogP contribution in [0.15, 0.2) is 40.9 Å². The van der Waals surface area contributed by atoms with Crippen molar-refractivity contribution in [2.75, 3.05) is 0 Å². The molecule has 19 heavy (non-hydrogen) atoms. The van der Waals surface area contributed by atoms with Crippen LogP contribution in [0.25, 0.3) is 0 Å². The van der Waals surface area contributed by atoms with Gasteiger partial charge in [-0.15, -0.1) is 0 Å². The van der Waals surface area contributed by atoms with Crippen LogP contribution in [0.1, 0.15) is 22.8 Å². The Bertz CT molecular complexity index is 578. The molecular formula is C15H13BrF2O. The van der Waals surface area contributed by atoms with Crippen molar-refractivity contribution in [3.63, 3.8) is 0 Å². The van der Waals surface area contributed by atoms with Crippen molar-refractivity contribution in [2.45, 2.75) is 19.4 Å². The lowest BCUT2D eigenvalue weighted by atomic mass is 10.00. The molecule has 1 N–H and O–H groups in total. The third kappa shape index (κ3) is 3.61. The zero-order valence-corrected chi connectivity index (χ0v) is 11.9. The first-order chi connectivity index (χ1) is 8.95. The van der Waals surface area contributed by atoms with Gasteiger partial charge in [0.15, 0.2) is 0 Å². The molecule has 0 heterocycles. The maximum absolute atomic E-state index is 13.3. The SMILES string of the molecule is Cc1cc(F)cc(C(O)Cc2cc(F)ccc2Br)c1. The number of benzene rings is 2. The molecule has 2 aromatic carbocycles. The van der Waals surface area contributed by atoms with E-state index in [2.05, 4.69) is 15.9 Å². The fraction of sp³-hybridized carbons (Fsp3) is 0.200. The van der Waals surface area contributed by atoms with Gasteiger partial charge in [-0.1, -0.05) is 22.0 Å². The van der Waals surface area contributed by atoms with Crippen molar-refractivity contribution in [3.8, 4) is 0 Å². The van der Waals surface area contributed by atoms with Gasteiger partial charge in [0, 0.05) is 10.9 Å². The summed E-state index contributed by atoms with van der Waals surface area (Å²) in [5.41, 5.74) is 1.88. The summed E-state index contributed by atoms with van der Waals surface area (Å²) in [5, 5.41) is 10.1. The molecule has 0 amide bonds. The van der Waals surface area contributed by atoms with Crippen LogP contribution in [0, 0.1) is 18.6 Å². The molecule has 2 rings (SSSR count). The Kier molecular flexibility index (Phi) is 4.32. The second-order valence-corrected chi connectivity index (χ2v) is 5.37. The van der Waals surface area contributed by atoms with Gasteiger partial charge < -0.3 is 5.11 Å². The molecule has 0 aliphatic carbocycles. The molecule has 1 atom stereocenters. The lowest BCUT2D eigenvalue weighted by Gasteiger charge is -2.13. The Labute approximate surface area is 119 Å². The highest BCUT2D eigenvalue weighted by Crippen LogP contribution is 2.25. The second kappa shape index (κ2) is 5.80. The van der Waals surface area contributed by atoms with Crippen LogP contribution in [-0.2, 0) is 6.42 Å². The van der Waals surface area contributed by atoms with Crippen molar-refractivity contribution >= 4 is 15.9 Å². The molecule has 0 spiro atoms. The molecule has 1 unspecified atom stereocenters. The Morgan fingerprint density at radius 3 is 2.53 bits per heavy atom. The van der Waals surface area contributed by atoms with Crippen LogP contribution < -0.4 is 0 Å². The Hall–Kier alpha value is -1.26. The number of aliphatic hydroxyl groups excluding tert-OH is 1. The predicted molar refractivity (Wildman–Crippen MR) is 73.9 cm³/mol. The summed E-state index contributed by atoms with van der Waals surface area (Å²) in [5.74, 6) is -0.742. The molecular weight excluding hydrogens is 314 g/mol. The zero-order valence-electron chi connectivity index (χ0n) is 10.3. The van der Waals surface area contributed by atoms with Crippen molar-refractivity contribution in [1.82, 2.24) is 0 Å². The molecule has 0 fully saturated rings. The Morgan fingerprint density at radius 1 is 1.11 bits per heavy atom. The van der Waals surface area contributed by atoms with Gasteiger partial charge in [0.1, 0.15) is 11.6 Å². The van der Waals surface area contributed by atoms with Crippen molar-refractivity contribution < 1.29 is 13.9 Å². The molecule has 1 nitrogen and oxygen atoms in total. The number of halogens is 3.